The molecule has 1 N–H and O–H groups in total. The van der Waals surface area contributed by atoms with Crippen molar-refractivity contribution in [1.82, 2.24) is 0 Å². The van der Waals surface area contributed by atoms with Gasteiger partial charge in [-0.25, -0.2) is 4.79 Å². The Morgan fingerprint density at radius 3 is 2.90 bits per heavy atom. The maximum Gasteiger partial charge on any atom is 0.331 e. The summed E-state index contributed by atoms with van der Waals surface area (Å²) in [5.74, 6) is -1.00. The van der Waals surface area contributed by atoms with E-state index in [1.54, 1.807) is 6.92 Å². The monoisotopic (exact) mass is 143 g/mol. The van der Waals surface area contributed by atoms with Gasteiger partial charge in [-0.2, -0.15) is 5.26 Å². The number of esters is 1. The van der Waals surface area contributed by atoms with Crippen molar-refractivity contribution < 1.29 is 14.6 Å². The molecule has 1 unspecified atom stereocenters. The van der Waals surface area contributed by atoms with E-state index in [0.717, 1.165) is 0 Å². The molecule has 4 nitrogen and oxygen atoms in total. The molecule has 0 aromatic rings. The number of nitriles is 1. The third-order valence-electron chi connectivity index (χ3n) is 0.844. The number of carbonyl (C=O) groups excluding carboxylic acids is 1. The van der Waals surface area contributed by atoms with Crippen molar-refractivity contribution in [2.75, 3.05) is 13.2 Å². The molecule has 0 aliphatic heterocycles. The molecule has 0 aliphatic rings. The van der Waals surface area contributed by atoms with E-state index in [1.165, 1.54) is 0 Å². The smallest absolute Gasteiger partial charge is 0.331 e. The van der Waals surface area contributed by atoms with Crippen molar-refractivity contribution in [2.45, 2.75) is 6.92 Å². The second-order valence-corrected chi connectivity index (χ2v) is 1.87. The standard InChI is InChI=1S/C6H9NO3/c1-5(2-7)4-10-6(9)3-8/h5,8H,3-4H2,1H3. The summed E-state index contributed by atoms with van der Waals surface area (Å²) in [6.45, 7) is 1.05. The largest absolute Gasteiger partial charge is 0.463 e. The van der Waals surface area contributed by atoms with Gasteiger partial charge in [0.2, 0.25) is 0 Å². The van der Waals surface area contributed by atoms with Crippen LogP contribution in [0.15, 0.2) is 0 Å². The highest BCUT2D eigenvalue weighted by Gasteiger charge is 2.03. The van der Waals surface area contributed by atoms with Gasteiger partial charge < -0.3 is 9.84 Å². The molecule has 0 spiro atoms. The summed E-state index contributed by atoms with van der Waals surface area (Å²) in [5.41, 5.74) is 0. The Kier molecular flexibility index (Phi) is 4.25. The second-order valence-electron chi connectivity index (χ2n) is 1.87. The van der Waals surface area contributed by atoms with E-state index in [1.807, 2.05) is 6.07 Å². The molecule has 0 aromatic carbocycles. The summed E-state index contributed by atoms with van der Waals surface area (Å²) < 4.78 is 4.43. The maximum atomic E-state index is 10.3. The summed E-state index contributed by atoms with van der Waals surface area (Å²) in [5, 5.41) is 16.4. The first-order chi connectivity index (χ1) is 4.70. The molecule has 0 heterocycles. The first-order valence-electron chi connectivity index (χ1n) is 2.86. The van der Waals surface area contributed by atoms with Gasteiger partial charge in [-0.05, 0) is 6.92 Å². The number of aliphatic hydroxyl groups excluding tert-OH is 1. The van der Waals surface area contributed by atoms with Crippen molar-refractivity contribution in [3.05, 3.63) is 0 Å². The SMILES string of the molecule is CC(C#N)COC(=O)CO. The van der Waals surface area contributed by atoms with Crippen molar-refractivity contribution in [2.24, 2.45) is 5.92 Å². The van der Waals surface area contributed by atoms with Crippen LogP contribution < -0.4 is 0 Å². The Labute approximate surface area is 59.0 Å². The van der Waals surface area contributed by atoms with Crippen molar-refractivity contribution in [3.63, 3.8) is 0 Å². The van der Waals surface area contributed by atoms with Gasteiger partial charge in [-0.3, -0.25) is 0 Å². The molecule has 0 saturated carbocycles. The predicted octanol–water partition coefficient (Wildman–Crippen LogP) is -0.318. The molecule has 0 rings (SSSR count). The average Bonchev–Trinajstić information content (AvgIpc) is 1.99. The lowest BCUT2D eigenvalue weighted by Crippen LogP contribution is -2.13. The van der Waals surface area contributed by atoms with Crippen LogP contribution in [0.3, 0.4) is 0 Å². The lowest BCUT2D eigenvalue weighted by Gasteiger charge is -2.02. The zero-order valence-electron chi connectivity index (χ0n) is 5.70. The van der Waals surface area contributed by atoms with Gasteiger partial charge in [0.1, 0.15) is 13.2 Å². The molecule has 1 atom stereocenters. The molecule has 0 aromatic heterocycles. The quantitative estimate of drug-likeness (QED) is 0.550. The van der Waals surface area contributed by atoms with Gasteiger partial charge in [0, 0.05) is 0 Å². The molecule has 10 heavy (non-hydrogen) atoms. The highest BCUT2D eigenvalue weighted by Crippen LogP contribution is 1.91. The summed E-state index contributed by atoms with van der Waals surface area (Å²) >= 11 is 0. The zero-order chi connectivity index (χ0) is 7.98. The third kappa shape index (κ3) is 3.87. The average molecular weight is 143 g/mol. The molecular formula is C6H9NO3. The predicted molar refractivity (Wildman–Crippen MR) is 32.8 cm³/mol. The Morgan fingerprint density at radius 1 is 1.90 bits per heavy atom. The van der Waals surface area contributed by atoms with E-state index in [0.29, 0.717) is 0 Å². The zero-order valence-corrected chi connectivity index (χ0v) is 5.70. The molecule has 0 aliphatic carbocycles. The topological polar surface area (TPSA) is 70.3 Å². The fraction of sp³-hybridized carbons (Fsp3) is 0.667. The van der Waals surface area contributed by atoms with Crippen LogP contribution in [0.4, 0.5) is 0 Å². The number of rotatable bonds is 3. The van der Waals surface area contributed by atoms with E-state index in [2.05, 4.69) is 4.74 Å². The number of aliphatic hydroxyl groups is 1. The number of carbonyl (C=O) groups is 1. The Hall–Kier alpha value is -1.08. The number of nitrogens with zero attached hydrogens (tertiary/aromatic N) is 1. The van der Waals surface area contributed by atoms with Gasteiger partial charge in [-0.15, -0.1) is 0 Å². The highest BCUT2D eigenvalue weighted by atomic mass is 16.5. The number of ether oxygens (including phenoxy) is 1. The lowest BCUT2D eigenvalue weighted by molar-refractivity contribution is -0.147. The van der Waals surface area contributed by atoms with Crippen LogP contribution in [-0.2, 0) is 9.53 Å². The summed E-state index contributed by atoms with van der Waals surface area (Å²) in [6.07, 6.45) is 0. The lowest BCUT2D eigenvalue weighted by atomic mass is 10.2. The van der Waals surface area contributed by atoms with Crippen LogP contribution in [-0.4, -0.2) is 24.3 Å². The summed E-state index contributed by atoms with van der Waals surface area (Å²) in [7, 11) is 0. The third-order valence-corrected chi connectivity index (χ3v) is 0.844. The Morgan fingerprint density at radius 2 is 2.50 bits per heavy atom. The highest BCUT2D eigenvalue weighted by molar-refractivity contribution is 5.70. The van der Waals surface area contributed by atoms with Crippen LogP contribution in [0.25, 0.3) is 0 Å². The Bertz CT molecular complexity index is 150. The van der Waals surface area contributed by atoms with Crippen LogP contribution >= 0.6 is 0 Å². The van der Waals surface area contributed by atoms with Gasteiger partial charge in [-0.1, -0.05) is 0 Å². The molecule has 56 valence electrons. The van der Waals surface area contributed by atoms with Crippen LogP contribution in [0.2, 0.25) is 0 Å². The van der Waals surface area contributed by atoms with E-state index < -0.39 is 12.6 Å². The summed E-state index contributed by atoms with van der Waals surface area (Å²) in [6, 6.07) is 1.89. The van der Waals surface area contributed by atoms with Gasteiger partial charge in [0.05, 0.1) is 12.0 Å². The molecule has 0 amide bonds. The fourth-order valence-electron chi connectivity index (χ4n) is 0.301. The number of hydrogen-bond donors (Lipinski definition) is 1. The molecule has 0 saturated heterocycles. The molecular weight excluding hydrogens is 134 g/mol. The van der Waals surface area contributed by atoms with E-state index in [-0.39, 0.29) is 12.5 Å². The van der Waals surface area contributed by atoms with E-state index in [9.17, 15) is 4.79 Å². The molecule has 0 radical (unpaired) electrons. The van der Waals surface area contributed by atoms with Crippen LogP contribution in [0.1, 0.15) is 6.92 Å². The Balaban J connectivity index is 3.37. The van der Waals surface area contributed by atoms with Crippen molar-refractivity contribution in [3.8, 4) is 6.07 Å². The van der Waals surface area contributed by atoms with Crippen molar-refractivity contribution >= 4 is 5.97 Å². The molecule has 0 bridgehead atoms. The summed E-state index contributed by atoms with van der Waals surface area (Å²) in [4.78, 5) is 10.3. The second kappa shape index (κ2) is 4.77. The van der Waals surface area contributed by atoms with E-state index in [4.69, 9.17) is 10.4 Å². The minimum atomic E-state index is -0.692. The van der Waals surface area contributed by atoms with Crippen LogP contribution in [0.5, 0.6) is 0 Å². The van der Waals surface area contributed by atoms with Gasteiger partial charge >= 0.3 is 5.97 Å². The molecule has 4 heteroatoms. The fourth-order valence-corrected chi connectivity index (χ4v) is 0.301. The van der Waals surface area contributed by atoms with Crippen LogP contribution in [0, 0.1) is 17.2 Å². The minimum absolute atomic E-state index is 0.0515. The van der Waals surface area contributed by atoms with E-state index >= 15 is 0 Å². The van der Waals surface area contributed by atoms with Gasteiger partial charge in [0.15, 0.2) is 0 Å². The maximum absolute atomic E-state index is 10.3. The molecule has 0 fully saturated rings. The normalized spacial score (nSPS) is 11.7. The first-order valence-corrected chi connectivity index (χ1v) is 2.86. The van der Waals surface area contributed by atoms with Crippen molar-refractivity contribution in [1.29, 1.82) is 5.26 Å². The van der Waals surface area contributed by atoms with Gasteiger partial charge in [0.25, 0.3) is 0 Å². The first kappa shape index (κ1) is 8.92. The number of hydrogen-bond acceptors (Lipinski definition) is 4. The minimum Gasteiger partial charge on any atom is -0.463 e.